The number of esters is 4. The quantitative estimate of drug-likeness (QED) is 0.0169. The van der Waals surface area contributed by atoms with E-state index in [0.29, 0.717) is 37.5 Å². The summed E-state index contributed by atoms with van der Waals surface area (Å²) in [5, 5.41) is 10.5. The van der Waals surface area contributed by atoms with Gasteiger partial charge in [0.15, 0.2) is 12.2 Å². The van der Waals surface area contributed by atoms with Crippen molar-refractivity contribution in [2.24, 2.45) is 17.8 Å². The first-order chi connectivity index (χ1) is 40.7. The lowest BCUT2D eigenvalue weighted by Gasteiger charge is -2.21. The van der Waals surface area contributed by atoms with Crippen molar-refractivity contribution in [1.82, 2.24) is 0 Å². The van der Waals surface area contributed by atoms with Gasteiger partial charge in [0.05, 0.1) is 26.4 Å². The molecular formula is C66H124O17P2. The standard InChI is InChI=1S/C66H124O17P2/c1-8-9-10-11-12-13-14-15-16-17-18-19-26-35-42-49-65(70)82-61(53-76-63(68)47-40-33-25-21-20-23-30-37-44-57(2)3)55-80-84(72,73)78-51-60(67)52-79-85(74,75)81-56-62(54-77-64(69)48-41-34-29-28-32-39-46-59(6)7)83-66(71)50-43-36-27-22-24-31-38-45-58(4)5/h13-16,57-62,67H,8-12,17-56H2,1-7H3,(H,72,73)(H,74,75)/b14-13-,16-15-/t60-,61-,62-/m1/s1. The van der Waals surface area contributed by atoms with Crippen LogP contribution in [0, 0.1) is 17.8 Å². The number of carbonyl (C=O) groups is 4. The largest absolute Gasteiger partial charge is 0.472 e. The van der Waals surface area contributed by atoms with Crippen LogP contribution < -0.4 is 0 Å². The molecule has 5 atom stereocenters. The van der Waals surface area contributed by atoms with Gasteiger partial charge in [0, 0.05) is 25.7 Å². The predicted octanol–water partition coefficient (Wildman–Crippen LogP) is 17.8. The van der Waals surface area contributed by atoms with Crippen molar-refractivity contribution in [2.75, 3.05) is 39.6 Å². The highest BCUT2D eigenvalue weighted by Gasteiger charge is 2.30. The van der Waals surface area contributed by atoms with Crippen LogP contribution in [0.3, 0.4) is 0 Å². The first-order valence-electron chi connectivity index (χ1n) is 33.7. The number of phosphoric acid groups is 2. The number of unbranched alkanes of at least 4 members (excludes halogenated alkanes) is 27. The molecule has 0 fully saturated rings. The van der Waals surface area contributed by atoms with E-state index in [1.165, 1.54) is 83.5 Å². The monoisotopic (exact) mass is 1250 g/mol. The van der Waals surface area contributed by atoms with E-state index in [0.717, 1.165) is 121 Å². The van der Waals surface area contributed by atoms with Crippen molar-refractivity contribution in [3.63, 3.8) is 0 Å². The first-order valence-corrected chi connectivity index (χ1v) is 36.7. The van der Waals surface area contributed by atoms with E-state index >= 15 is 0 Å². The zero-order chi connectivity index (χ0) is 63.1. The molecule has 0 aliphatic rings. The van der Waals surface area contributed by atoms with Crippen LogP contribution in [0.5, 0.6) is 0 Å². The number of rotatable bonds is 62. The molecule has 0 saturated carbocycles. The fourth-order valence-electron chi connectivity index (χ4n) is 9.29. The van der Waals surface area contributed by atoms with Crippen LogP contribution in [-0.2, 0) is 65.4 Å². The Morgan fingerprint density at radius 2 is 0.635 bits per heavy atom. The number of aliphatic hydroxyl groups excluding tert-OH is 1. The van der Waals surface area contributed by atoms with Crippen molar-refractivity contribution >= 4 is 39.5 Å². The van der Waals surface area contributed by atoms with Crippen LogP contribution in [-0.4, -0.2) is 96.7 Å². The van der Waals surface area contributed by atoms with Crippen molar-refractivity contribution in [1.29, 1.82) is 0 Å². The summed E-state index contributed by atoms with van der Waals surface area (Å²) in [6.45, 7) is 11.6. The Balaban J connectivity index is 5.28. The van der Waals surface area contributed by atoms with Crippen molar-refractivity contribution < 1.29 is 80.2 Å². The van der Waals surface area contributed by atoms with Gasteiger partial charge in [0.2, 0.25) is 0 Å². The molecule has 85 heavy (non-hydrogen) atoms. The van der Waals surface area contributed by atoms with E-state index < -0.39 is 97.5 Å². The topological polar surface area (TPSA) is 237 Å². The average molecular weight is 1250 g/mol. The lowest BCUT2D eigenvalue weighted by atomic mass is 10.0. The first kappa shape index (κ1) is 82.5. The normalized spacial score (nSPS) is 14.5. The third-order valence-corrected chi connectivity index (χ3v) is 16.4. The van der Waals surface area contributed by atoms with Crippen molar-refractivity contribution in [3.8, 4) is 0 Å². The van der Waals surface area contributed by atoms with E-state index in [-0.39, 0.29) is 25.7 Å². The van der Waals surface area contributed by atoms with Crippen LogP contribution >= 0.6 is 15.6 Å². The second-order valence-corrected chi connectivity index (χ2v) is 27.5. The number of allylic oxidation sites excluding steroid dienone is 4. The second-order valence-electron chi connectivity index (χ2n) is 24.6. The number of aliphatic hydroxyl groups is 1. The summed E-state index contributed by atoms with van der Waals surface area (Å²) < 4.78 is 68.0. The highest BCUT2D eigenvalue weighted by Crippen LogP contribution is 2.45. The Kier molecular flexibility index (Phi) is 55.1. The summed E-state index contributed by atoms with van der Waals surface area (Å²) in [6.07, 6.45) is 41.5. The lowest BCUT2D eigenvalue weighted by molar-refractivity contribution is -0.161. The van der Waals surface area contributed by atoms with E-state index in [1.54, 1.807) is 0 Å². The third-order valence-electron chi connectivity index (χ3n) is 14.5. The lowest BCUT2D eigenvalue weighted by Crippen LogP contribution is -2.30. The van der Waals surface area contributed by atoms with Crippen molar-refractivity contribution in [2.45, 2.75) is 317 Å². The van der Waals surface area contributed by atoms with Gasteiger partial charge in [-0.2, -0.15) is 0 Å². The number of hydrogen-bond acceptors (Lipinski definition) is 15. The van der Waals surface area contributed by atoms with E-state index in [9.17, 15) is 43.2 Å². The van der Waals surface area contributed by atoms with E-state index in [4.69, 9.17) is 37.0 Å². The predicted molar refractivity (Wildman–Crippen MR) is 340 cm³/mol. The summed E-state index contributed by atoms with van der Waals surface area (Å²) in [5.74, 6) is -0.0732. The maximum Gasteiger partial charge on any atom is 0.472 e. The minimum Gasteiger partial charge on any atom is -0.462 e. The average Bonchev–Trinajstić information content (AvgIpc) is 3.51. The molecule has 2 unspecified atom stereocenters. The molecule has 17 nitrogen and oxygen atoms in total. The molecule has 0 heterocycles. The van der Waals surface area contributed by atoms with Gasteiger partial charge in [-0.25, -0.2) is 9.13 Å². The summed E-state index contributed by atoms with van der Waals surface area (Å²) in [5.41, 5.74) is 0. The van der Waals surface area contributed by atoms with Gasteiger partial charge in [0.25, 0.3) is 0 Å². The molecule has 0 aromatic heterocycles. The minimum absolute atomic E-state index is 0.0837. The Hall–Kier alpha value is -2.46. The fraction of sp³-hybridized carbons (Fsp3) is 0.879. The molecule has 3 N–H and O–H groups in total. The molecule has 0 aliphatic carbocycles. The van der Waals surface area contributed by atoms with Crippen LogP contribution in [0.2, 0.25) is 0 Å². The minimum atomic E-state index is -4.96. The molecule has 0 aromatic carbocycles. The Morgan fingerprint density at radius 3 is 0.953 bits per heavy atom. The van der Waals surface area contributed by atoms with Gasteiger partial charge in [-0.15, -0.1) is 0 Å². The van der Waals surface area contributed by atoms with Crippen molar-refractivity contribution in [3.05, 3.63) is 24.3 Å². The second kappa shape index (κ2) is 56.8. The summed E-state index contributed by atoms with van der Waals surface area (Å²) >= 11 is 0. The molecule has 0 spiro atoms. The van der Waals surface area contributed by atoms with Crippen LogP contribution in [0.4, 0.5) is 0 Å². The molecule has 0 rings (SSSR count). The summed E-state index contributed by atoms with van der Waals surface area (Å²) in [6, 6.07) is 0. The van der Waals surface area contributed by atoms with Crippen LogP contribution in [0.25, 0.3) is 0 Å². The maximum atomic E-state index is 13.0. The molecular weight excluding hydrogens is 1130 g/mol. The molecule has 500 valence electrons. The van der Waals surface area contributed by atoms with Gasteiger partial charge >= 0.3 is 39.5 Å². The van der Waals surface area contributed by atoms with Gasteiger partial charge < -0.3 is 33.8 Å². The molecule has 0 radical (unpaired) electrons. The zero-order valence-electron chi connectivity index (χ0n) is 54.5. The van der Waals surface area contributed by atoms with E-state index in [2.05, 4.69) is 72.8 Å². The number of phosphoric ester groups is 2. The van der Waals surface area contributed by atoms with Gasteiger partial charge in [-0.05, 0) is 69.1 Å². The molecule has 0 aromatic rings. The smallest absolute Gasteiger partial charge is 0.462 e. The molecule has 19 heteroatoms. The zero-order valence-corrected chi connectivity index (χ0v) is 56.3. The number of ether oxygens (including phenoxy) is 4. The highest BCUT2D eigenvalue weighted by molar-refractivity contribution is 7.47. The van der Waals surface area contributed by atoms with Gasteiger partial charge in [-0.1, -0.05) is 246 Å². The van der Waals surface area contributed by atoms with Crippen LogP contribution in [0.15, 0.2) is 24.3 Å². The van der Waals surface area contributed by atoms with Crippen LogP contribution in [0.1, 0.15) is 299 Å². The SMILES string of the molecule is CCCCCC/C=C\C=C/CCCCCCCC(=O)O[C@H](COC(=O)CCCCCCCCCCC(C)C)COP(=O)(O)OC[C@@H](O)COP(=O)(O)OC[C@@H](COC(=O)CCCCCCCCC(C)C)OC(=O)CCCCCCCCCC(C)C. The molecule has 0 aliphatic heterocycles. The fourth-order valence-corrected chi connectivity index (χ4v) is 10.9. The van der Waals surface area contributed by atoms with E-state index in [1.807, 2.05) is 0 Å². The maximum absolute atomic E-state index is 13.0. The highest BCUT2D eigenvalue weighted by atomic mass is 31.2. The Labute approximate surface area is 516 Å². The Bertz CT molecular complexity index is 1770. The summed E-state index contributed by atoms with van der Waals surface area (Å²) in [4.78, 5) is 72.2. The van der Waals surface area contributed by atoms with Gasteiger partial charge in [0.1, 0.15) is 19.3 Å². The molecule has 0 bridgehead atoms. The van der Waals surface area contributed by atoms with Gasteiger partial charge in [-0.3, -0.25) is 37.3 Å². The Morgan fingerprint density at radius 1 is 0.365 bits per heavy atom. The molecule has 0 saturated heterocycles. The third kappa shape index (κ3) is 60.2. The summed E-state index contributed by atoms with van der Waals surface area (Å²) in [7, 11) is -9.90. The number of hydrogen-bond donors (Lipinski definition) is 3. The molecule has 0 amide bonds. The number of carbonyl (C=O) groups excluding carboxylic acids is 4.